The minimum Gasteiger partial charge on any atom is -0.444 e. The number of alkyl carbamates (subject to hydrolysis) is 1. The minimum absolute atomic E-state index is 0.00454. The molecule has 2 amide bonds. The summed E-state index contributed by atoms with van der Waals surface area (Å²) in [6, 6.07) is 9.36. The van der Waals surface area contributed by atoms with Crippen molar-refractivity contribution >= 4 is 12.0 Å². The van der Waals surface area contributed by atoms with E-state index < -0.39 is 23.2 Å². The Bertz CT molecular complexity index is 864. The highest BCUT2D eigenvalue weighted by atomic mass is 16.6. The van der Waals surface area contributed by atoms with E-state index in [1.54, 1.807) is 0 Å². The standard InChI is InChI=1S/C28H45N3O3/c1-25(2,3)34-24(33)30-22(20-14-12-11-13-15-20)16-17-26(4,5)23(32)29-21-18-27(6,7)31(10)28(8,9)19-21/h11-17,21-22H,18-19H2,1-10H3,(H,29,32)(H,30,33)/b17-16+/t22-/m0/s1. The maximum atomic E-state index is 13.3. The number of carbonyl (C=O) groups is 2. The maximum absolute atomic E-state index is 13.3. The fourth-order valence-corrected chi connectivity index (χ4v) is 4.59. The molecule has 0 aliphatic carbocycles. The molecule has 34 heavy (non-hydrogen) atoms. The van der Waals surface area contributed by atoms with Gasteiger partial charge in [-0.3, -0.25) is 9.69 Å². The average Bonchev–Trinajstić information content (AvgIpc) is 2.68. The summed E-state index contributed by atoms with van der Waals surface area (Å²) in [4.78, 5) is 28.2. The number of carbonyl (C=O) groups excluding carboxylic acids is 2. The smallest absolute Gasteiger partial charge is 0.408 e. The molecule has 0 unspecified atom stereocenters. The van der Waals surface area contributed by atoms with Gasteiger partial charge in [-0.2, -0.15) is 0 Å². The van der Waals surface area contributed by atoms with Crippen LogP contribution in [0.2, 0.25) is 0 Å². The molecule has 1 fully saturated rings. The SMILES string of the molecule is CN1C(C)(C)CC(NC(=O)C(C)(C)/C=C/[C@H](NC(=O)OC(C)(C)C)c2ccccc2)CC1(C)C. The summed E-state index contributed by atoms with van der Waals surface area (Å²) < 4.78 is 5.45. The number of rotatable bonds is 6. The van der Waals surface area contributed by atoms with Crippen LogP contribution in [0.5, 0.6) is 0 Å². The van der Waals surface area contributed by atoms with E-state index in [-0.39, 0.29) is 23.0 Å². The molecule has 6 heteroatoms. The highest BCUT2D eigenvalue weighted by Gasteiger charge is 2.44. The summed E-state index contributed by atoms with van der Waals surface area (Å²) in [5.41, 5.74) is -0.436. The lowest BCUT2D eigenvalue weighted by molar-refractivity contribution is -0.129. The Morgan fingerprint density at radius 3 is 2.06 bits per heavy atom. The Hall–Kier alpha value is -2.34. The fraction of sp³-hybridized carbons (Fsp3) is 0.643. The van der Waals surface area contributed by atoms with Crippen LogP contribution in [0.25, 0.3) is 0 Å². The van der Waals surface area contributed by atoms with Crippen LogP contribution in [0.1, 0.15) is 86.8 Å². The third kappa shape index (κ3) is 7.59. The van der Waals surface area contributed by atoms with Crippen LogP contribution < -0.4 is 10.6 Å². The highest BCUT2D eigenvalue weighted by molar-refractivity contribution is 5.84. The number of amides is 2. The summed E-state index contributed by atoms with van der Waals surface area (Å²) >= 11 is 0. The van der Waals surface area contributed by atoms with E-state index >= 15 is 0 Å². The second kappa shape index (κ2) is 10.1. The first-order valence-corrected chi connectivity index (χ1v) is 12.2. The van der Waals surface area contributed by atoms with E-state index in [0.717, 1.165) is 18.4 Å². The van der Waals surface area contributed by atoms with Crippen molar-refractivity contribution in [2.45, 2.75) is 104 Å². The Kier molecular flexibility index (Phi) is 8.29. The molecule has 0 radical (unpaired) electrons. The zero-order valence-electron chi connectivity index (χ0n) is 22.8. The zero-order chi connectivity index (χ0) is 25.9. The maximum Gasteiger partial charge on any atom is 0.408 e. The molecule has 0 aromatic heterocycles. The largest absolute Gasteiger partial charge is 0.444 e. The number of nitrogens with one attached hydrogen (secondary N) is 2. The second-order valence-corrected chi connectivity index (χ2v) is 12.4. The van der Waals surface area contributed by atoms with E-state index in [1.165, 1.54) is 0 Å². The van der Waals surface area contributed by atoms with Crippen LogP contribution >= 0.6 is 0 Å². The molecular formula is C28H45N3O3. The van der Waals surface area contributed by atoms with E-state index in [9.17, 15) is 9.59 Å². The molecular weight excluding hydrogens is 426 g/mol. The quantitative estimate of drug-likeness (QED) is 0.530. The van der Waals surface area contributed by atoms with Crippen molar-refractivity contribution in [2.24, 2.45) is 5.41 Å². The minimum atomic E-state index is -0.750. The van der Waals surface area contributed by atoms with Crippen LogP contribution in [0, 0.1) is 5.41 Å². The molecule has 1 saturated heterocycles. The van der Waals surface area contributed by atoms with Crippen molar-refractivity contribution < 1.29 is 14.3 Å². The topological polar surface area (TPSA) is 70.7 Å². The molecule has 0 spiro atoms. The summed E-state index contributed by atoms with van der Waals surface area (Å²) in [7, 11) is 2.16. The van der Waals surface area contributed by atoms with Crippen molar-refractivity contribution in [3.63, 3.8) is 0 Å². The summed E-state index contributed by atoms with van der Waals surface area (Å²) in [5, 5.41) is 6.22. The summed E-state index contributed by atoms with van der Waals surface area (Å²) in [5.74, 6) is -0.0195. The molecule has 1 aromatic carbocycles. The predicted octanol–water partition coefficient (Wildman–Crippen LogP) is 5.60. The Labute approximate surface area is 206 Å². The van der Waals surface area contributed by atoms with Gasteiger partial charge in [0.25, 0.3) is 0 Å². The molecule has 1 heterocycles. The van der Waals surface area contributed by atoms with Gasteiger partial charge < -0.3 is 15.4 Å². The second-order valence-electron chi connectivity index (χ2n) is 12.4. The molecule has 190 valence electrons. The lowest BCUT2D eigenvalue weighted by Crippen LogP contribution is -2.63. The van der Waals surface area contributed by atoms with Gasteiger partial charge in [0, 0.05) is 17.1 Å². The fourth-order valence-electron chi connectivity index (χ4n) is 4.59. The zero-order valence-corrected chi connectivity index (χ0v) is 22.8. The lowest BCUT2D eigenvalue weighted by Gasteiger charge is -2.54. The van der Waals surface area contributed by atoms with Crippen molar-refractivity contribution in [1.29, 1.82) is 0 Å². The lowest BCUT2D eigenvalue weighted by atomic mass is 9.77. The molecule has 0 saturated carbocycles. The van der Waals surface area contributed by atoms with Crippen LogP contribution in [-0.4, -0.2) is 46.7 Å². The van der Waals surface area contributed by atoms with Gasteiger partial charge in [-0.15, -0.1) is 0 Å². The number of benzene rings is 1. The summed E-state index contributed by atoms with van der Waals surface area (Å²) in [6.45, 7) is 18.2. The highest BCUT2D eigenvalue weighted by Crippen LogP contribution is 2.37. The molecule has 1 aromatic rings. The van der Waals surface area contributed by atoms with Gasteiger partial charge in [-0.25, -0.2) is 4.79 Å². The third-order valence-corrected chi connectivity index (χ3v) is 6.76. The van der Waals surface area contributed by atoms with E-state index in [0.29, 0.717) is 0 Å². The molecule has 0 bridgehead atoms. The number of nitrogens with zero attached hydrogens (tertiary/aromatic N) is 1. The van der Waals surface area contributed by atoms with Gasteiger partial charge in [0.05, 0.1) is 11.5 Å². The molecule has 1 atom stereocenters. The molecule has 1 aliphatic heterocycles. The Balaban J connectivity index is 2.16. The normalized spacial score (nSPS) is 20.1. The van der Waals surface area contributed by atoms with Crippen molar-refractivity contribution in [1.82, 2.24) is 15.5 Å². The number of hydrogen-bond donors (Lipinski definition) is 2. The van der Waals surface area contributed by atoms with Crippen LogP contribution in [0.15, 0.2) is 42.5 Å². The molecule has 1 aliphatic rings. The van der Waals surface area contributed by atoms with Crippen LogP contribution in [0.4, 0.5) is 4.79 Å². The van der Waals surface area contributed by atoms with Crippen molar-refractivity contribution in [3.8, 4) is 0 Å². The Morgan fingerprint density at radius 2 is 1.56 bits per heavy atom. The van der Waals surface area contributed by atoms with Gasteiger partial charge >= 0.3 is 6.09 Å². The number of ether oxygens (including phenoxy) is 1. The van der Waals surface area contributed by atoms with Gasteiger partial charge in [0.1, 0.15) is 5.60 Å². The van der Waals surface area contributed by atoms with E-state index in [1.807, 2.05) is 77.1 Å². The Morgan fingerprint density at radius 1 is 1.03 bits per heavy atom. The molecule has 2 N–H and O–H groups in total. The van der Waals surface area contributed by atoms with Gasteiger partial charge in [0.15, 0.2) is 0 Å². The first kappa shape index (κ1) is 27.9. The number of likely N-dealkylation sites (tertiary alicyclic amines) is 1. The third-order valence-electron chi connectivity index (χ3n) is 6.76. The number of piperidine rings is 1. The summed E-state index contributed by atoms with van der Waals surface area (Å²) in [6.07, 6.45) is 5.05. The number of hydrogen-bond acceptors (Lipinski definition) is 4. The first-order valence-electron chi connectivity index (χ1n) is 12.2. The van der Waals surface area contributed by atoms with Gasteiger partial charge in [-0.1, -0.05) is 42.5 Å². The van der Waals surface area contributed by atoms with Gasteiger partial charge in [0.2, 0.25) is 5.91 Å². The van der Waals surface area contributed by atoms with Crippen LogP contribution in [0.3, 0.4) is 0 Å². The average molecular weight is 472 g/mol. The van der Waals surface area contributed by atoms with Gasteiger partial charge in [-0.05, 0) is 87.8 Å². The monoisotopic (exact) mass is 471 g/mol. The molecule has 2 rings (SSSR count). The van der Waals surface area contributed by atoms with Crippen molar-refractivity contribution in [3.05, 3.63) is 48.0 Å². The van der Waals surface area contributed by atoms with E-state index in [2.05, 4.69) is 50.3 Å². The molecule has 6 nitrogen and oxygen atoms in total. The van der Waals surface area contributed by atoms with Crippen LogP contribution in [-0.2, 0) is 9.53 Å². The first-order chi connectivity index (χ1) is 15.4. The van der Waals surface area contributed by atoms with E-state index in [4.69, 9.17) is 4.74 Å². The predicted molar refractivity (Wildman–Crippen MR) is 139 cm³/mol. The van der Waals surface area contributed by atoms with Crippen molar-refractivity contribution in [2.75, 3.05) is 7.05 Å².